The molecule has 0 saturated carbocycles. The molecule has 1 aromatic rings. The van der Waals surface area contributed by atoms with Gasteiger partial charge in [-0.2, -0.15) is 0 Å². The van der Waals surface area contributed by atoms with E-state index in [4.69, 9.17) is 11.1 Å². The lowest BCUT2D eigenvalue weighted by Gasteiger charge is -2.16. The van der Waals surface area contributed by atoms with E-state index in [1.165, 1.54) is 4.31 Å². The maximum Gasteiger partial charge on any atom is 0.213 e. The van der Waals surface area contributed by atoms with Gasteiger partial charge in [0.1, 0.15) is 5.84 Å². The van der Waals surface area contributed by atoms with Gasteiger partial charge in [-0.3, -0.25) is 5.41 Å². The third kappa shape index (κ3) is 3.54. The number of nitrogens with zero attached hydrogens (tertiary/aromatic N) is 1. The molecular weight excluding hydrogens is 238 g/mol. The molecular formula is C11H17N3O2S. The first-order valence-electron chi connectivity index (χ1n) is 5.24. The molecule has 0 unspecified atom stereocenters. The predicted octanol–water partition coefficient (Wildman–Crippen LogP) is 0.752. The molecule has 6 heteroatoms. The Morgan fingerprint density at radius 1 is 1.47 bits per heavy atom. The number of benzene rings is 1. The summed E-state index contributed by atoms with van der Waals surface area (Å²) in [6.07, 6.45) is 0. The van der Waals surface area contributed by atoms with Gasteiger partial charge in [-0.1, -0.05) is 18.2 Å². The highest BCUT2D eigenvalue weighted by Crippen LogP contribution is 2.10. The molecule has 0 spiro atoms. The van der Waals surface area contributed by atoms with Gasteiger partial charge in [-0.15, -0.1) is 0 Å². The van der Waals surface area contributed by atoms with Crippen molar-refractivity contribution in [2.24, 2.45) is 5.73 Å². The summed E-state index contributed by atoms with van der Waals surface area (Å²) in [5.74, 6) is 0.0588. The fourth-order valence-corrected chi connectivity index (χ4v) is 2.20. The number of amidine groups is 1. The first-order valence-corrected chi connectivity index (χ1v) is 6.85. The zero-order valence-electron chi connectivity index (χ0n) is 9.97. The van der Waals surface area contributed by atoms with E-state index in [2.05, 4.69) is 0 Å². The molecule has 0 atom stereocenters. The second-order valence-corrected chi connectivity index (χ2v) is 6.14. The number of nitrogens with one attached hydrogen (secondary N) is 1. The molecule has 0 aliphatic heterocycles. The van der Waals surface area contributed by atoms with Crippen LogP contribution in [-0.4, -0.2) is 31.4 Å². The highest BCUT2D eigenvalue weighted by atomic mass is 32.2. The van der Waals surface area contributed by atoms with Crippen LogP contribution in [0.5, 0.6) is 0 Å². The Morgan fingerprint density at radius 2 is 2.12 bits per heavy atom. The molecule has 94 valence electrons. The van der Waals surface area contributed by atoms with E-state index in [1.54, 1.807) is 32.2 Å². The maximum atomic E-state index is 11.6. The fourth-order valence-electron chi connectivity index (χ4n) is 1.41. The van der Waals surface area contributed by atoms with E-state index in [0.29, 0.717) is 5.56 Å². The molecule has 0 aliphatic rings. The van der Waals surface area contributed by atoms with Crippen molar-refractivity contribution in [2.45, 2.75) is 13.5 Å². The molecule has 1 aromatic carbocycles. The van der Waals surface area contributed by atoms with Crippen molar-refractivity contribution in [2.75, 3.05) is 12.8 Å². The van der Waals surface area contributed by atoms with E-state index in [1.807, 2.05) is 6.07 Å². The molecule has 17 heavy (non-hydrogen) atoms. The second kappa shape index (κ2) is 5.29. The van der Waals surface area contributed by atoms with Crippen molar-refractivity contribution in [1.82, 2.24) is 4.31 Å². The monoisotopic (exact) mass is 255 g/mol. The summed E-state index contributed by atoms with van der Waals surface area (Å²) >= 11 is 0. The van der Waals surface area contributed by atoms with Crippen molar-refractivity contribution in [3.8, 4) is 0 Å². The smallest absolute Gasteiger partial charge is 0.213 e. The number of rotatable bonds is 5. The van der Waals surface area contributed by atoms with Crippen molar-refractivity contribution >= 4 is 15.9 Å². The van der Waals surface area contributed by atoms with Crippen LogP contribution in [0.1, 0.15) is 18.1 Å². The number of hydrogen-bond acceptors (Lipinski definition) is 3. The third-order valence-corrected chi connectivity index (χ3v) is 4.29. The first kappa shape index (κ1) is 13.7. The SMILES string of the molecule is CCS(=O)(=O)N(C)Cc1cccc(C(=N)N)c1. The Labute approximate surface area is 102 Å². The highest BCUT2D eigenvalue weighted by Gasteiger charge is 2.15. The van der Waals surface area contributed by atoms with Gasteiger partial charge in [0, 0.05) is 19.2 Å². The normalized spacial score (nSPS) is 11.7. The summed E-state index contributed by atoms with van der Waals surface area (Å²) < 4.78 is 24.5. The summed E-state index contributed by atoms with van der Waals surface area (Å²) in [5, 5.41) is 7.32. The maximum absolute atomic E-state index is 11.6. The average molecular weight is 255 g/mol. The molecule has 5 nitrogen and oxygen atoms in total. The van der Waals surface area contributed by atoms with Crippen LogP contribution in [0.15, 0.2) is 24.3 Å². The van der Waals surface area contributed by atoms with Crippen molar-refractivity contribution in [3.63, 3.8) is 0 Å². The molecule has 0 aromatic heterocycles. The van der Waals surface area contributed by atoms with Crippen molar-refractivity contribution in [3.05, 3.63) is 35.4 Å². The molecule has 0 radical (unpaired) electrons. The van der Waals surface area contributed by atoms with Crippen molar-refractivity contribution in [1.29, 1.82) is 5.41 Å². The molecule has 0 heterocycles. The van der Waals surface area contributed by atoms with Crippen LogP contribution < -0.4 is 5.73 Å². The first-order chi connectivity index (χ1) is 7.86. The molecule has 3 N–H and O–H groups in total. The number of nitrogen functional groups attached to an aromatic ring is 1. The van der Waals surface area contributed by atoms with Gasteiger partial charge in [-0.05, 0) is 18.6 Å². The fraction of sp³-hybridized carbons (Fsp3) is 0.364. The molecule has 0 saturated heterocycles. The topological polar surface area (TPSA) is 87.2 Å². The molecule has 1 rings (SSSR count). The Morgan fingerprint density at radius 3 is 2.65 bits per heavy atom. The van der Waals surface area contributed by atoms with Crippen LogP contribution in [0.2, 0.25) is 0 Å². The quantitative estimate of drug-likeness (QED) is 0.601. The standard InChI is InChI=1S/C11H17N3O2S/c1-3-17(15,16)14(2)8-9-5-4-6-10(7-9)11(12)13/h4-7H,3,8H2,1-2H3,(H3,12,13). The van der Waals surface area contributed by atoms with Gasteiger partial charge in [0.15, 0.2) is 0 Å². The van der Waals surface area contributed by atoms with Gasteiger partial charge < -0.3 is 5.73 Å². The van der Waals surface area contributed by atoms with Crippen LogP contribution in [0.25, 0.3) is 0 Å². The number of nitrogens with two attached hydrogens (primary N) is 1. The minimum Gasteiger partial charge on any atom is -0.384 e. The number of hydrogen-bond donors (Lipinski definition) is 2. The largest absolute Gasteiger partial charge is 0.384 e. The van der Waals surface area contributed by atoms with Crippen molar-refractivity contribution < 1.29 is 8.42 Å². The minimum atomic E-state index is -3.18. The lowest BCUT2D eigenvalue weighted by molar-refractivity contribution is 0.468. The van der Waals surface area contributed by atoms with E-state index >= 15 is 0 Å². The summed E-state index contributed by atoms with van der Waals surface area (Å²) in [6, 6.07) is 7.02. The Balaban J connectivity index is 2.89. The van der Waals surface area contributed by atoms with Gasteiger partial charge in [0.2, 0.25) is 10.0 Å². The summed E-state index contributed by atoms with van der Waals surface area (Å²) in [7, 11) is -1.64. The zero-order valence-corrected chi connectivity index (χ0v) is 10.8. The molecule has 0 bridgehead atoms. The second-order valence-electron chi connectivity index (χ2n) is 3.77. The van der Waals surface area contributed by atoms with Gasteiger partial charge >= 0.3 is 0 Å². The minimum absolute atomic E-state index is 0.0205. The molecule has 0 fully saturated rings. The Kier molecular flexibility index (Phi) is 4.25. The van der Waals surface area contributed by atoms with E-state index in [9.17, 15) is 8.42 Å². The van der Waals surface area contributed by atoms with Crippen LogP contribution >= 0.6 is 0 Å². The Hall–Kier alpha value is -1.40. The summed E-state index contributed by atoms with van der Waals surface area (Å²) in [6.45, 7) is 1.90. The average Bonchev–Trinajstić information content (AvgIpc) is 2.29. The lowest BCUT2D eigenvalue weighted by atomic mass is 10.1. The lowest BCUT2D eigenvalue weighted by Crippen LogP contribution is -2.28. The van der Waals surface area contributed by atoms with E-state index < -0.39 is 10.0 Å². The van der Waals surface area contributed by atoms with Crippen LogP contribution in [0, 0.1) is 5.41 Å². The highest BCUT2D eigenvalue weighted by molar-refractivity contribution is 7.89. The van der Waals surface area contributed by atoms with E-state index in [-0.39, 0.29) is 18.1 Å². The zero-order chi connectivity index (χ0) is 13.1. The van der Waals surface area contributed by atoms with Crippen LogP contribution in [0.4, 0.5) is 0 Å². The predicted molar refractivity (Wildman–Crippen MR) is 68.4 cm³/mol. The van der Waals surface area contributed by atoms with Crippen LogP contribution in [0.3, 0.4) is 0 Å². The molecule has 0 aliphatic carbocycles. The summed E-state index contributed by atoms with van der Waals surface area (Å²) in [4.78, 5) is 0. The van der Waals surface area contributed by atoms with E-state index in [0.717, 1.165) is 5.56 Å². The van der Waals surface area contributed by atoms with Gasteiger partial charge in [0.05, 0.1) is 5.75 Å². The third-order valence-electron chi connectivity index (χ3n) is 2.48. The molecule has 0 amide bonds. The van der Waals surface area contributed by atoms with Crippen LogP contribution in [-0.2, 0) is 16.6 Å². The Bertz CT molecular complexity index is 511. The van der Waals surface area contributed by atoms with Gasteiger partial charge in [0.25, 0.3) is 0 Å². The van der Waals surface area contributed by atoms with Gasteiger partial charge in [-0.25, -0.2) is 12.7 Å². The summed E-state index contributed by atoms with van der Waals surface area (Å²) in [5.41, 5.74) is 6.80. The number of sulfonamides is 1.